The van der Waals surface area contributed by atoms with E-state index in [2.05, 4.69) is 16.0 Å². The highest BCUT2D eigenvalue weighted by molar-refractivity contribution is 5.92. The lowest BCUT2D eigenvalue weighted by Crippen LogP contribution is -2.54. The van der Waals surface area contributed by atoms with Crippen LogP contribution in [-0.2, 0) is 19.2 Å². The van der Waals surface area contributed by atoms with Crippen LogP contribution < -0.4 is 21.7 Å². The molecule has 0 rings (SSSR count). The van der Waals surface area contributed by atoms with E-state index in [4.69, 9.17) is 10.8 Å². The molecule has 0 spiro atoms. The molecule has 3 amide bonds. The second-order valence-electron chi connectivity index (χ2n) is 5.30. The summed E-state index contributed by atoms with van der Waals surface area (Å²) in [6.45, 7) is 4.42. The third-order valence-corrected chi connectivity index (χ3v) is 2.71. The zero-order valence-corrected chi connectivity index (χ0v) is 13.0. The molecule has 0 aromatic carbocycles. The average molecular weight is 316 g/mol. The van der Waals surface area contributed by atoms with E-state index in [1.165, 1.54) is 6.92 Å². The number of hydrogen-bond acceptors (Lipinski definition) is 5. The predicted molar refractivity (Wildman–Crippen MR) is 78.7 cm³/mol. The first-order valence-electron chi connectivity index (χ1n) is 6.96. The molecule has 9 nitrogen and oxygen atoms in total. The van der Waals surface area contributed by atoms with E-state index >= 15 is 0 Å². The van der Waals surface area contributed by atoms with Crippen molar-refractivity contribution in [2.24, 2.45) is 11.7 Å². The number of amides is 3. The minimum Gasteiger partial charge on any atom is -0.480 e. The third kappa shape index (κ3) is 8.20. The molecule has 2 atom stereocenters. The number of rotatable bonds is 9. The number of hydrogen-bond donors (Lipinski definition) is 5. The molecular formula is C13H24N4O5. The molecule has 0 aliphatic rings. The van der Waals surface area contributed by atoms with Crippen LogP contribution in [0.3, 0.4) is 0 Å². The highest BCUT2D eigenvalue weighted by Gasteiger charge is 2.25. The first-order valence-corrected chi connectivity index (χ1v) is 6.96. The van der Waals surface area contributed by atoms with Gasteiger partial charge in [-0.2, -0.15) is 0 Å². The van der Waals surface area contributed by atoms with E-state index in [9.17, 15) is 19.2 Å². The second-order valence-corrected chi connectivity index (χ2v) is 5.30. The van der Waals surface area contributed by atoms with Gasteiger partial charge in [0.05, 0.1) is 6.54 Å². The largest absolute Gasteiger partial charge is 0.480 e. The number of nitrogens with two attached hydrogens (primary N) is 1. The third-order valence-electron chi connectivity index (χ3n) is 2.71. The number of carboxylic acids is 1. The Labute approximate surface area is 129 Å². The maximum atomic E-state index is 12.0. The highest BCUT2D eigenvalue weighted by Crippen LogP contribution is 2.05. The maximum absolute atomic E-state index is 12.0. The van der Waals surface area contributed by atoms with Crippen molar-refractivity contribution < 1.29 is 24.3 Å². The fourth-order valence-electron chi connectivity index (χ4n) is 1.65. The Morgan fingerprint density at radius 2 is 1.64 bits per heavy atom. The van der Waals surface area contributed by atoms with E-state index in [1.807, 2.05) is 13.8 Å². The summed E-state index contributed by atoms with van der Waals surface area (Å²) in [7, 11) is 0. The van der Waals surface area contributed by atoms with Gasteiger partial charge in [0.15, 0.2) is 0 Å². The standard InChI is InChI=1S/C13H24N4O5/c1-7(2)4-9(13(22)15-6-11(19)20)17-12(21)8(3)16-10(18)5-14/h7-9H,4-6,14H2,1-3H3,(H,15,22)(H,16,18)(H,17,21)(H,19,20). The van der Waals surface area contributed by atoms with Gasteiger partial charge < -0.3 is 26.8 Å². The lowest BCUT2D eigenvalue weighted by Gasteiger charge is -2.22. The van der Waals surface area contributed by atoms with Gasteiger partial charge >= 0.3 is 5.97 Å². The molecule has 0 heterocycles. The van der Waals surface area contributed by atoms with Crippen molar-refractivity contribution in [1.82, 2.24) is 16.0 Å². The molecule has 0 saturated carbocycles. The molecule has 0 fully saturated rings. The molecule has 0 saturated heterocycles. The van der Waals surface area contributed by atoms with Crippen molar-refractivity contribution >= 4 is 23.7 Å². The van der Waals surface area contributed by atoms with Crippen LogP contribution in [0.15, 0.2) is 0 Å². The highest BCUT2D eigenvalue weighted by atomic mass is 16.4. The molecular weight excluding hydrogens is 292 g/mol. The number of nitrogens with one attached hydrogen (secondary N) is 3. The summed E-state index contributed by atoms with van der Waals surface area (Å²) in [5.74, 6) is -2.68. The van der Waals surface area contributed by atoms with Gasteiger partial charge in [-0.15, -0.1) is 0 Å². The van der Waals surface area contributed by atoms with E-state index in [1.54, 1.807) is 0 Å². The van der Waals surface area contributed by atoms with Gasteiger partial charge in [0.1, 0.15) is 18.6 Å². The Morgan fingerprint density at radius 3 is 2.09 bits per heavy atom. The summed E-state index contributed by atoms with van der Waals surface area (Å²) in [6, 6.07) is -1.72. The zero-order chi connectivity index (χ0) is 17.3. The fourth-order valence-corrected chi connectivity index (χ4v) is 1.65. The first-order chi connectivity index (χ1) is 10.2. The van der Waals surface area contributed by atoms with Crippen LogP contribution in [0.25, 0.3) is 0 Å². The van der Waals surface area contributed by atoms with Gasteiger partial charge in [0, 0.05) is 0 Å². The van der Waals surface area contributed by atoms with Crippen LogP contribution in [-0.4, -0.2) is 54.0 Å². The van der Waals surface area contributed by atoms with Crippen molar-refractivity contribution in [2.75, 3.05) is 13.1 Å². The van der Waals surface area contributed by atoms with Crippen LogP contribution in [0.5, 0.6) is 0 Å². The van der Waals surface area contributed by atoms with Gasteiger partial charge in [0.2, 0.25) is 17.7 Å². The quantitative estimate of drug-likeness (QED) is 0.338. The summed E-state index contributed by atoms with van der Waals surface area (Å²) in [6.07, 6.45) is 0.342. The number of carbonyl (C=O) groups excluding carboxylic acids is 3. The van der Waals surface area contributed by atoms with E-state index in [-0.39, 0.29) is 12.5 Å². The van der Waals surface area contributed by atoms with Crippen molar-refractivity contribution in [2.45, 2.75) is 39.3 Å². The normalized spacial score (nSPS) is 13.1. The maximum Gasteiger partial charge on any atom is 0.322 e. The molecule has 9 heteroatoms. The van der Waals surface area contributed by atoms with Crippen LogP contribution in [0, 0.1) is 5.92 Å². The second kappa shape index (κ2) is 9.72. The van der Waals surface area contributed by atoms with Crippen LogP contribution in [0.4, 0.5) is 0 Å². The van der Waals surface area contributed by atoms with Gasteiger partial charge in [-0.25, -0.2) is 0 Å². The molecule has 22 heavy (non-hydrogen) atoms. The van der Waals surface area contributed by atoms with Crippen LogP contribution >= 0.6 is 0 Å². The van der Waals surface area contributed by atoms with Crippen molar-refractivity contribution in [3.8, 4) is 0 Å². The molecule has 126 valence electrons. The SMILES string of the molecule is CC(C)CC(NC(=O)C(C)NC(=O)CN)C(=O)NCC(=O)O. The lowest BCUT2D eigenvalue weighted by atomic mass is 10.0. The lowest BCUT2D eigenvalue weighted by molar-refractivity contribution is -0.138. The Kier molecular flexibility index (Phi) is 8.76. The average Bonchev–Trinajstić information content (AvgIpc) is 2.42. The number of carbonyl (C=O) groups is 4. The summed E-state index contributed by atoms with van der Waals surface area (Å²) < 4.78 is 0. The van der Waals surface area contributed by atoms with Crippen molar-refractivity contribution in [3.05, 3.63) is 0 Å². The summed E-state index contributed by atoms with van der Waals surface area (Å²) in [5, 5.41) is 15.7. The van der Waals surface area contributed by atoms with Crippen molar-refractivity contribution in [3.63, 3.8) is 0 Å². The zero-order valence-electron chi connectivity index (χ0n) is 13.0. The molecule has 0 aromatic rings. The molecule has 2 unspecified atom stereocenters. The molecule has 0 aromatic heterocycles. The molecule has 6 N–H and O–H groups in total. The molecule has 0 aliphatic carbocycles. The van der Waals surface area contributed by atoms with Crippen molar-refractivity contribution in [1.29, 1.82) is 0 Å². The predicted octanol–water partition coefficient (Wildman–Crippen LogP) is -1.82. The molecule has 0 aliphatic heterocycles. The monoisotopic (exact) mass is 316 g/mol. The minimum absolute atomic E-state index is 0.106. The van der Waals surface area contributed by atoms with E-state index in [0.717, 1.165) is 0 Å². The van der Waals surface area contributed by atoms with Gasteiger partial charge in [0.25, 0.3) is 0 Å². The topological polar surface area (TPSA) is 151 Å². The summed E-state index contributed by atoms with van der Waals surface area (Å²) in [5.41, 5.74) is 5.14. The van der Waals surface area contributed by atoms with E-state index in [0.29, 0.717) is 6.42 Å². The molecule has 0 bridgehead atoms. The Hall–Kier alpha value is -2.16. The van der Waals surface area contributed by atoms with E-state index < -0.39 is 42.3 Å². The van der Waals surface area contributed by atoms with Gasteiger partial charge in [-0.1, -0.05) is 13.8 Å². The van der Waals surface area contributed by atoms with Gasteiger partial charge in [-0.05, 0) is 19.3 Å². The number of carboxylic acid groups (broad SMARTS) is 1. The smallest absolute Gasteiger partial charge is 0.322 e. The van der Waals surface area contributed by atoms with Crippen LogP contribution in [0.1, 0.15) is 27.2 Å². The van der Waals surface area contributed by atoms with Gasteiger partial charge in [-0.3, -0.25) is 19.2 Å². The minimum atomic E-state index is -1.17. The Balaban J connectivity index is 4.69. The Bertz CT molecular complexity index is 425. The first kappa shape index (κ1) is 19.8. The summed E-state index contributed by atoms with van der Waals surface area (Å²) in [4.78, 5) is 45.5. The number of aliphatic carboxylic acids is 1. The fraction of sp³-hybridized carbons (Fsp3) is 0.692. The van der Waals surface area contributed by atoms with Crippen LogP contribution in [0.2, 0.25) is 0 Å². The molecule has 0 radical (unpaired) electrons. The Morgan fingerprint density at radius 1 is 1.05 bits per heavy atom. The summed E-state index contributed by atoms with van der Waals surface area (Å²) >= 11 is 0.